The molecule has 0 amide bonds. The summed E-state index contributed by atoms with van der Waals surface area (Å²) in [6, 6.07) is 5.75. The molecule has 1 aromatic rings. The van der Waals surface area contributed by atoms with Crippen LogP contribution >= 0.6 is 0 Å². The van der Waals surface area contributed by atoms with Gasteiger partial charge in [0.15, 0.2) is 5.96 Å². The van der Waals surface area contributed by atoms with Gasteiger partial charge in [-0.3, -0.25) is 4.99 Å². The van der Waals surface area contributed by atoms with Gasteiger partial charge in [0.1, 0.15) is 6.10 Å². The van der Waals surface area contributed by atoms with E-state index in [2.05, 4.69) is 42.9 Å². The van der Waals surface area contributed by atoms with Crippen molar-refractivity contribution in [2.45, 2.75) is 40.2 Å². The number of aromatic nitrogens is 1. The number of ether oxygens (including phenoxy) is 1. The van der Waals surface area contributed by atoms with Crippen molar-refractivity contribution in [3.05, 3.63) is 24.4 Å². The number of aliphatic imine (C=N–C) groups is 1. The highest BCUT2D eigenvalue weighted by atomic mass is 16.5. The van der Waals surface area contributed by atoms with Gasteiger partial charge in [-0.05, 0) is 18.4 Å². The molecule has 0 bridgehead atoms. The average Bonchev–Trinajstić information content (AvgIpc) is 2.92. The summed E-state index contributed by atoms with van der Waals surface area (Å²) >= 11 is 0. The van der Waals surface area contributed by atoms with Gasteiger partial charge in [-0.15, -0.1) is 0 Å². The third kappa shape index (κ3) is 5.20. The highest BCUT2D eigenvalue weighted by Gasteiger charge is 2.26. The molecule has 1 aliphatic rings. The Labute approximate surface area is 133 Å². The highest BCUT2D eigenvalue weighted by Crippen LogP contribution is 2.17. The van der Waals surface area contributed by atoms with E-state index in [1.54, 1.807) is 6.20 Å². The molecule has 1 aromatic heterocycles. The SMILES string of the molecule is CCNC(=NCC(C)(C)C)N1CCC(Oc2ccccn2)C1. The first kappa shape index (κ1) is 16.6. The predicted octanol–water partition coefficient (Wildman–Crippen LogP) is 2.55. The molecule has 1 fully saturated rings. The summed E-state index contributed by atoms with van der Waals surface area (Å²) in [4.78, 5) is 11.3. The predicted molar refractivity (Wildman–Crippen MR) is 90.3 cm³/mol. The lowest BCUT2D eigenvalue weighted by molar-refractivity contribution is 0.205. The molecule has 0 aliphatic carbocycles. The molecule has 122 valence electrons. The van der Waals surface area contributed by atoms with Crippen molar-refractivity contribution in [3.63, 3.8) is 0 Å². The van der Waals surface area contributed by atoms with E-state index >= 15 is 0 Å². The molecule has 5 nitrogen and oxygen atoms in total. The van der Waals surface area contributed by atoms with E-state index in [9.17, 15) is 0 Å². The Balaban J connectivity index is 1.94. The fourth-order valence-corrected chi connectivity index (χ4v) is 2.34. The number of nitrogens with zero attached hydrogens (tertiary/aromatic N) is 3. The Morgan fingerprint density at radius 2 is 2.27 bits per heavy atom. The van der Waals surface area contributed by atoms with Gasteiger partial charge in [-0.2, -0.15) is 0 Å². The van der Waals surface area contributed by atoms with E-state index in [0.29, 0.717) is 5.88 Å². The first-order valence-corrected chi connectivity index (χ1v) is 8.09. The van der Waals surface area contributed by atoms with Crippen LogP contribution in [0.25, 0.3) is 0 Å². The van der Waals surface area contributed by atoms with E-state index in [-0.39, 0.29) is 11.5 Å². The molecule has 5 heteroatoms. The molecule has 1 unspecified atom stereocenters. The van der Waals surface area contributed by atoms with Crippen molar-refractivity contribution in [2.24, 2.45) is 10.4 Å². The van der Waals surface area contributed by atoms with Crippen molar-refractivity contribution in [1.29, 1.82) is 0 Å². The lowest BCUT2D eigenvalue weighted by atomic mass is 9.97. The second kappa shape index (κ2) is 7.47. The minimum atomic E-state index is 0.174. The van der Waals surface area contributed by atoms with Crippen molar-refractivity contribution in [1.82, 2.24) is 15.2 Å². The maximum absolute atomic E-state index is 5.94. The first-order valence-electron chi connectivity index (χ1n) is 8.09. The molecule has 1 aliphatic heterocycles. The second-order valence-corrected chi connectivity index (χ2v) is 6.87. The number of pyridine rings is 1. The van der Waals surface area contributed by atoms with Crippen LogP contribution in [0.1, 0.15) is 34.1 Å². The zero-order valence-electron chi connectivity index (χ0n) is 14.2. The number of likely N-dealkylation sites (tertiary alicyclic amines) is 1. The molecular weight excluding hydrogens is 276 g/mol. The molecule has 2 rings (SSSR count). The van der Waals surface area contributed by atoms with E-state index in [1.165, 1.54) is 0 Å². The molecule has 0 saturated carbocycles. The summed E-state index contributed by atoms with van der Waals surface area (Å²) in [5.41, 5.74) is 0.199. The van der Waals surface area contributed by atoms with Crippen LogP contribution in [-0.4, -0.2) is 48.1 Å². The van der Waals surface area contributed by atoms with Crippen LogP contribution in [0.3, 0.4) is 0 Å². The average molecular weight is 304 g/mol. The van der Waals surface area contributed by atoms with Crippen molar-refractivity contribution in [2.75, 3.05) is 26.2 Å². The Morgan fingerprint density at radius 1 is 1.45 bits per heavy atom. The number of nitrogens with one attached hydrogen (secondary N) is 1. The maximum Gasteiger partial charge on any atom is 0.213 e. The summed E-state index contributed by atoms with van der Waals surface area (Å²) in [5, 5.41) is 3.39. The molecular formula is C17H28N4O. The molecule has 0 aromatic carbocycles. The quantitative estimate of drug-likeness (QED) is 0.686. The Kier molecular flexibility index (Phi) is 5.63. The van der Waals surface area contributed by atoms with Crippen molar-refractivity contribution in [3.8, 4) is 5.88 Å². The highest BCUT2D eigenvalue weighted by molar-refractivity contribution is 5.80. The monoisotopic (exact) mass is 304 g/mol. The molecule has 1 N–H and O–H groups in total. The molecule has 1 saturated heterocycles. The number of hydrogen-bond donors (Lipinski definition) is 1. The number of hydrogen-bond acceptors (Lipinski definition) is 3. The second-order valence-electron chi connectivity index (χ2n) is 6.87. The standard InChI is InChI=1S/C17H28N4O/c1-5-18-16(20-13-17(2,3)4)21-11-9-14(12-21)22-15-8-6-7-10-19-15/h6-8,10,14H,5,9,11-13H2,1-4H3,(H,18,20). The van der Waals surface area contributed by atoms with Crippen LogP contribution in [0.15, 0.2) is 29.4 Å². The van der Waals surface area contributed by atoms with Gasteiger partial charge in [0.25, 0.3) is 0 Å². The van der Waals surface area contributed by atoms with Crippen LogP contribution in [0.5, 0.6) is 5.88 Å². The summed E-state index contributed by atoms with van der Waals surface area (Å²) < 4.78 is 5.94. The summed E-state index contributed by atoms with van der Waals surface area (Å²) in [6.45, 7) is 12.2. The summed E-state index contributed by atoms with van der Waals surface area (Å²) in [6.07, 6.45) is 2.93. The van der Waals surface area contributed by atoms with Gasteiger partial charge in [0, 0.05) is 38.3 Å². The van der Waals surface area contributed by atoms with Crippen LogP contribution in [-0.2, 0) is 0 Å². The molecule has 1 atom stereocenters. The van der Waals surface area contributed by atoms with Gasteiger partial charge < -0.3 is 15.0 Å². The fraction of sp³-hybridized carbons (Fsp3) is 0.647. The molecule has 0 spiro atoms. The molecule has 2 heterocycles. The summed E-state index contributed by atoms with van der Waals surface area (Å²) in [5.74, 6) is 1.69. The van der Waals surface area contributed by atoms with E-state index in [1.807, 2.05) is 18.2 Å². The fourth-order valence-electron chi connectivity index (χ4n) is 2.34. The van der Waals surface area contributed by atoms with Gasteiger partial charge in [-0.1, -0.05) is 26.8 Å². The van der Waals surface area contributed by atoms with E-state index < -0.39 is 0 Å². The van der Waals surface area contributed by atoms with Gasteiger partial charge in [0.05, 0.1) is 6.54 Å². The van der Waals surface area contributed by atoms with Gasteiger partial charge in [-0.25, -0.2) is 4.98 Å². The van der Waals surface area contributed by atoms with Crippen molar-refractivity contribution >= 4 is 5.96 Å². The van der Waals surface area contributed by atoms with Gasteiger partial charge >= 0.3 is 0 Å². The van der Waals surface area contributed by atoms with E-state index in [4.69, 9.17) is 9.73 Å². The third-order valence-electron chi connectivity index (χ3n) is 3.41. The zero-order chi connectivity index (χ0) is 16.0. The largest absolute Gasteiger partial charge is 0.472 e. The Hall–Kier alpha value is -1.78. The van der Waals surface area contributed by atoms with Gasteiger partial charge in [0.2, 0.25) is 5.88 Å². The zero-order valence-corrected chi connectivity index (χ0v) is 14.2. The number of guanidine groups is 1. The normalized spacial score (nSPS) is 19.4. The lowest BCUT2D eigenvalue weighted by Crippen LogP contribution is -2.41. The molecule has 22 heavy (non-hydrogen) atoms. The van der Waals surface area contributed by atoms with Crippen molar-refractivity contribution < 1.29 is 4.74 Å². The van der Waals surface area contributed by atoms with Crippen LogP contribution in [0.2, 0.25) is 0 Å². The van der Waals surface area contributed by atoms with Crippen LogP contribution in [0.4, 0.5) is 0 Å². The Bertz CT molecular complexity index is 481. The minimum Gasteiger partial charge on any atom is -0.472 e. The third-order valence-corrected chi connectivity index (χ3v) is 3.41. The molecule has 0 radical (unpaired) electrons. The van der Waals surface area contributed by atoms with E-state index in [0.717, 1.165) is 38.6 Å². The number of rotatable bonds is 4. The summed E-state index contributed by atoms with van der Waals surface area (Å²) in [7, 11) is 0. The Morgan fingerprint density at radius 3 is 2.91 bits per heavy atom. The topological polar surface area (TPSA) is 49.8 Å². The van der Waals surface area contributed by atoms with Crippen LogP contribution < -0.4 is 10.1 Å². The minimum absolute atomic E-state index is 0.174. The smallest absolute Gasteiger partial charge is 0.213 e. The first-order chi connectivity index (χ1) is 10.5. The maximum atomic E-state index is 5.94. The lowest BCUT2D eigenvalue weighted by Gasteiger charge is -2.23. The van der Waals surface area contributed by atoms with Crippen LogP contribution in [0, 0.1) is 5.41 Å².